The summed E-state index contributed by atoms with van der Waals surface area (Å²) in [7, 11) is 0. The van der Waals surface area contributed by atoms with Crippen molar-refractivity contribution in [3.63, 3.8) is 0 Å². The maximum atomic E-state index is 6.02. The van der Waals surface area contributed by atoms with Crippen molar-refractivity contribution in [2.75, 3.05) is 6.61 Å². The van der Waals surface area contributed by atoms with Gasteiger partial charge in [0, 0.05) is 6.61 Å². The summed E-state index contributed by atoms with van der Waals surface area (Å²) < 4.78 is 6.02. The van der Waals surface area contributed by atoms with Gasteiger partial charge in [-0.1, -0.05) is 56.3 Å². The summed E-state index contributed by atoms with van der Waals surface area (Å²) in [5.41, 5.74) is 1.29. The third kappa shape index (κ3) is 2.61. The van der Waals surface area contributed by atoms with E-state index in [0.717, 1.165) is 6.61 Å². The summed E-state index contributed by atoms with van der Waals surface area (Å²) in [6.45, 7) is 7.66. The van der Waals surface area contributed by atoms with Crippen molar-refractivity contribution in [2.24, 2.45) is 5.41 Å². The van der Waals surface area contributed by atoms with E-state index in [9.17, 15) is 0 Å². The van der Waals surface area contributed by atoms with Gasteiger partial charge in [-0.3, -0.25) is 0 Å². The minimum Gasteiger partial charge on any atom is -0.371 e. The molecule has 17 heavy (non-hydrogen) atoms. The zero-order valence-electron chi connectivity index (χ0n) is 11.1. The molecule has 0 saturated carbocycles. The number of hydrogen-bond donors (Lipinski definition) is 0. The molecule has 0 spiro atoms. The lowest BCUT2D eigenvalue weighted by Crippen LogP contribution is -2.46. The number of benzene rings is 1. The Morgan fingerprint density at radius 1 is 1.12 bits per heavy atom. The molecular weight excluding hydrogens is 208 g/mol. The average Bonchev–Trinajstić information content (AvgIpc) is 2.32. The van der Waals surface area contributed by atoms with Crippen molar-refractivity contribution in [1.82, 2.24) is 0 Å². The fourth-order valence-electron chi connectivity index (χ4n) is 2.33. The predicted octanol–water partition coefficient (Wildman–Crippen LogP) is 4.30. The van der Waals surface area contributed by atoms with Crippen LogP contribution in [0.5, 0.6) is 0 Å². The van der Waals surface area contributed by atoms with Gasteiger partial charge in [0.2, 0.25) is 0 Å². The Balaban J connectivity index is 2.19. The van der Waals surface area contributed by atoms with Crippen LogP contribution in [0.15, 0.2) is 36.4 Å². The molecule has 0 amide bonds. The van der Waals surface area contributed by atoms with Crippen molar-refractivity contribution in [3.05, 3.63) is 42.0 Å². The summed E-state index contributed by atoms with van der Waals surface area (Å²) >= 11 is 0. The molecule has 1 aromatic carbocycles. The molecule has 2 rings (SSSR count). The topological polar surface area (TPSA) is 9.23 Å². The zero-order chi connectivity index (χ0) is 12.4. The lowest BCUT2D eigenvalue weighted by molar-refractivity contribution is -0.112. The monoisotopic (exact) mass is 230 g/mol. The maximum Gasteiger partial charge on any atom is 0.0888 e. The van der Waals surface area contributed by atoms with E-state index in [1.54, 1.807) is 0 Å². The van der Waals surface area contributed by atoms with Crippen molar-refractivity contribution >= 4 is 6.08 Å². The van der Waals surface area contributed by atoms with Gasteiger partial charge >= 0.3 is 0 Å². The van der Waals surface area contributed by atoms with Crippen LogP contribution in [0, 0.1) is 5.41 Å². The van der Waals surface area contributed by atoms with E-state index in [1.807, 2.05) is 6.07 Å². The van der Waals surface area contributed by atoms with E-state index < -0.39 is 0 Å². The van der Waals surface area contributed by atoms with Gasteiger partial charge in [0.05, 0.1) is 5.60 Å². The van der Waals surface area contributed by atoms with E-state index in [4.69, 9.17) is 4.74 Å². The second kappa shape index (κ2) is 4.66. The SMILES string of the molecule is CC1(C)CCCOC1(C)/C=C/c1ccccc1. The van der Waals surface area contributed by atoms with Crippen LogP contribution in [0.2, 0.25) is 0 Å². The molecular formula is C16H22O. The molecule has 1 aliphatic rings. The van der Waals surface area contributed by atoms with Crippen LogP contribution < -0.4 is 0 Å². The Kier molecular flexibility index (Phi) is 3.39. The van der Waals surface area contributed by atoms with Crippen molar-refractivity contribution < 1.29 is 4.74 Å². The normalized spacial score (nSPS) is 28.4. The van der Waals surface area contributed by atoms with Crippen LogP contribution in [0.4, 0.5) is 0 Å². The van der Waals surface area contributed by atoms with Gasteiger partial charge in [-0.2, -0.15) is 0 Å². The molecule has 1 aromatic rings. The van der Waals surface area contributed by atoms with Gasteiger partial charge in [-0.15, -0.1) is 0 Å². The van der Waals surface area contributed by atoms with E-state index in [0.29, 0.717) is 0 Å². The Morgan fingerprint density at radius 3 is 2.47 bits per heavy atom. The maximum absolute atomic E-state index is 6.02. The minimum absolute atomic E-state index is 0.152. The fourth-order valence-corrected chi connectivity index (χ4v) is 2.33. The summed E-state index contributed by atoms with van der Waals surface area (Å²) in [5.74, 6) is 0. The van der Waals surface area contributed by atoms with Gasteiger partial charge in [0.25, 0.3) is 0 Å². The van der Waals surface area contributed by atoms with Crippen molar-refractivity contribution in [3.8, 4) is 0 Å². The first kappa shape index (κ1) is 12.4. The van der Waals surface area contributed by atoms with E-state index in [1.165, 1.54) is 18.4 Å². The molecule has 1 heteroatoms. The Bertz CT molecular complexity index is 391. The van der Waals surface area contributed by atoms with Gasteiger partial charge < -0.3 is 4.74 Å². The minimum atomic E-state index is -0.152. The van der Waals surface area contributed by atoms with Gasteiger partial charge in [-0.05, 0) is 30.7 Å². The van der Waals surface area contributed by atoms with Crippen molar-refractivity contribution in [2.45, 2.75) is 39.2 Å². The molecule has 0 N–H and O–H groups in total. The largest absolute Gasteiger partial charge is 0.371 e. The standard InChI is InChI=1S/C16H22O/c1-15(2)11-7-13-17-16(15,3)12-10-14-8-5-4-6-9-14/h4-6,8-10,12H,7,11,13H2,1-3H3/b12-10+. The van der Waals surface area contributed by atoms with Gasteiger partial charge in [0.1, 0.15) is 0 Å². The quantitative estimate of drug-likeness (QED) is 0.736. The van der Waals surface area contributed by atoms with Crippen LogP contribution in [0.1, 0.15) is 39.2 Å². The highest BCUT2D eigenvalue weighted by Crippen LogP contribution is 2.42. The second-order valence-corrected chi connectivity index (χ2v) is 5.69. The highest BCUT2D eigenvalue weighted by molar-refractivity contribution is 5.50. The molecule has 0 radical (unpaired) electrons. The first-order valence-corrected chi connectivity index (χ1v) is 6.42. The molecule has 1 fully saturated rings. The Hall–Kier alpha value is -1.08. The van der Waals surface area contributed by atoms with Gasteiger partial charge in [0.15, 0.2) is 0 Å². The molecule has 92 valence electrons. The first-order chi connectivity index (χ1) is 8.04. The molecule has 1 heterocycles. The van der Waals surface area contributed by atoms with Crippen LogP contribution in [-0.4, -0.2) is 12.2 Å². The molecule has 0 aliphatic carbocycles. The summed E-state index contributed by atoms with van der Waals surface area (Å²) in [6.07, 6.45) is 6.79. The zero-order valence-corrected chi connectivity index (χ0v) is 11.1. The molecule has 1 unspecified atom stereocenters. The van der Waals surface area contributed by atoms with Gasteiger partial charge in [-0.25, -0.2) is 0 Å². The predicted molar refractivity (Wildman–Crippen MR) is 72.8 cm³/mol. The average molecular weight is 230 g/mol. The number of hydrogen-bond acceptors (Lipinski definition) is 1. The van der Waals surface area contributed by atoms with Crippen molar-refractivity contribution in [1.29, 1.82) is 0 Å². The molecule has 0 bridgehead atoms. The Labute approximate surface area is 104 Å². The number of rotatable bonds is 2. The summed E-state index contributed by atoms with van der Waals surface area (Å²) in [4.78, 5) is 0. The lowest BCUT2D eigenvalue weighted by atomic mass is 9.71. The highest BCUT2D eigenvalue weighted by Gasteiger charge is 2.42. The first-order valence-electron chi connectivity index (χ1n) is 6.42. The third-order valence-corrected chi connectivity index (χ3v) is 4.09. The smallest absolute Gasteiger partial charge is 0.0888 e. The van der Waals surface area contributed by atoms with Crippen LogP contribution >= 0.6 is 0 Å². The van der Waals surface area contributed by atoms with E-state index in [-0.39, 0.29) is 11.0 Å². The second-order valence-electron chi connectivity index (χ2n) is 5.69. The van der Waals surface area contributed by atoms with E-state index in [2.05, 4.69) is 57.2 Å². The Morgan fingerprint density at radius 2 is 1.82 bits per heavy atom. The van der Waals surface area contributed by atoms with E-state index >= 15 is 0 Å². The third-order valence-electron chi connectivity index (χ3n) is 4.09. The molecule has 1 saturated heterocycles. The molecule has 1 nitrogen and oxygen atoms in total. The van der Waals surface area contributed by atoms with Crippen LogP contribution in [0.25, 0.3) is 6.08 Å². The number of ether oxygens (including phenoxy) is 1. The van der Waals surface area contributed by atoms with Crippen LogP contribution in [0.3, 0.4) is 0 Å². The molecule has 1 aliphatic heterocycles. The lowest BCUT2D eigenvalue weighted by Gasteiger charge is -2.46. The summed E-state index contributed by atoms with van der Waals surface area (Å²) in [6, 6.07) is 10.4. The van der Waals surface area contributed by atoms with Crippen LogP contribution in [-0.2, 0) is 4.74 Å². The highest BCUT2D eigenvalue weighted by atomic mass is 16.5. The molecule has 1 atom stereocenters. The fraction of sp³-hybridized carbons (Fsp3) is 0.500. The summed E-state index contributed by atoms with van der Waals surface area (Å²) in [5, 5.41) is 0. The molecule has 0 aromatic heterocycles.